The van der Waals surface area contributed by atoms with E-state index in [-0.39, 0.29) is 12.0 Å². The van der Waals surface area contributed by atoms with E-state index in [0.29, 0.717) is 30.4 Å². The summed E-state index contributed by atoms with van der Waals surface area (Å²) in [5.74, 6) is -0.0807. The van der Waals surface area contributed by atoms with Crippen molar-refractivity contribution in [3.63, 3.8) is 0 Å². The summed E-state index contributed by atoms with van der Waals surface area (Å²) >= 11 is 5.65. The maximum absolute atomic E-state index is 11.7. The third-order valence-electron chi connectivity index (χ3n) is 2.43. The first-order chi connectivity index (χ1) is 8.24. The SMILES string of the molecule is O=C(CC1CNCCO1)Nc1ccc(Cl)nc1. The quantitative estimate of drug-likeness (QED) is 0.793. The standard InChI is InChI=1S/C11H14ClN3O2/c12-10-2-1-8(6-14-10)15-11(16)5-9-7-13-3-4-17-9/h1-2,6,9,13H,3-5,7H2,(H,15,16). The molecule has 1 saturated heterocycles. The number of aromatic nitrogens is 1. The molecule has 1 aliphatic heterocycles. The third kappa shape index (κ3) is 3.96. The molecule has 1 aromatic rings. The number of amides is 1. The van der Waals surface area contributed by atoms with Crippen molar-refractivity contribution >= 4 is 23.2 Å². The average molecular weight is 256 g/mol. The van der Waals surface area contributed by atoms with Gasteiger partial charge in [0.05, 0.1) is 31.0 Å². The smallest absolute Gasteiger partial charge is 0.227 e. The highest BCUT2D eigenvalue weighted by molar-refractivity contribution is 6.29. The summed E-state index contributed by atoms with van der Waals surface area (Å²) in [6.45, 7) is 2.21. The van der Waals surface area contributed by atoms with Gasteiger partial charge >= 0.3 is 0 Å². The summed E-state index contributed by atoms with van der Waals surface area (Å²) in [4.78, 5) is 15.6. The number of hydrogen-bond acceptors (Lipinski definition) is 4. The number of pyridine rings is 1. The fourth-order valence-corrected chi connectivity index (χ4v) is 1.73. The lowest BCUT2D eigenvalue weighted by atomic mass is 10.2. The molecule has 0 aliphatic carbocycles. The summed E-state index contributed by atoms with van der Waals surface area (Å²) in [5.41, 5.74) is 0.642. The van der Waals surface area contributed by atoms with E-state index < -0.39 is 0 Å². The summed E-state index contributed by atoms with van der Waals surface area (Å²) in [6, 6.07) is 3.35. The number of anilines is 1. The molecule has 2 rings (SSSR count). The van der Waals surface area contributed by atoms with Gasteiger partial charge in [0.2, 0.25) is 5.91 Å². The number of ether oxygens (including phenoxy) is 1. The Balaban J connectivity index is 1.82. The predicted octanol–water partition coefficient (Wildman–Crippen LogP) is 1.05. The topological polar surface area (TPSA) is 63.2 Å². The molecule has 0 aromatic carbocycles. The highest BCUT2D eigenvalue weighted by atomic mass is 35.5. The number of halogens is 1. The number of nitrogens with zero attached hydrogens (tertiary/aromatic N) is 1. The monoisotopic (exact) mass is 255 g/mol. The van der Waals surface area contributed by atoms with E-state index in [2.05, 4.69) is 15.6 Å². The van der Waals surface area contributed by atoms with E-state index in [9.17, 15) is 4.79 Å². The molecule has 0 bridgehead atoms. The van der Waals surface area contributed by atoms with Crippen LogP contribution >= 0.6 is 11.6 Å². The van der Waals surface area contributed by atoms with E-state index in [1.807, 2.05) is 0 Å². The van der Waals surface area contributed by atoms with Crippen molar-refractivity contribution in [2.45, 2.75) is 12.5 Å². The van der Waals surface area contributed by atoms with Crippen LogP contribution in [-0.2, 0) is 9.53 Å². The lowest BCUT2D eigenvalue weighted by molar-refractivity contribution is -0.119. The number of hydrogen-bond donors (Lipinski definition) is 2. The van der Waals surface area contributed by atoms with Gasteiger partial charge in [-0.1, -0.05) is 11.6 Å². The first kappa shape index (κ1) is 12.3. The summed E-state index contributed by atoms with van der Waals surface area (Å²) in [5, 5.41) is 6.33. The Morgan fingerprint density at radius 1 is 1.65 bits per heavy atom. The molecule has 1 aliphatic rings. The van der Waals surface area contributed by atoms with Crippen LogP contribution in [0.4, 0.5) is 5.69 Å². The van der Waals surface area contributed by atoms with Gasteiger partial charge in [-0.2, -0.15) is 0 Å². The van der Waals surface area contributed by atoms with Crippen molar-refractivity contribution in [3.05, 3.63) is 23.5 Å². The molecule has 1 unspecified atom stereocenters. The van der Waals surface area contributed by atoms with Crippen LogP contribution in [0.2, 0.25) is 5.15 Å². The van der Waals surface area contributed by atoms with Crippen molar-refractivity contribution in [1.29, 1.82) is 0 Å². The molecule has 2 N–H and O–H groups in total. The molecule has 0 saturated carbocycles. The van der Waals surface area contributed by atoms with Gasteiger partial charge in [0.1, 0.15) is 5.15 Å². The molecule has 1 fully saturated rings. The fraction of sp³-hybridized carbons (Fsp3) is 0.455. The van der Waals surface area contributed by atoms with Crippen molar-refractivity contribution in [1.82, 2.24) is 10.3 Å². The van der Waals surface area contributed by atoms with Crippen LogP contribution in [0, 0.1) is 0 Å². The second-order valence-corrected chi connectivity index (χ2v) is 4.21. The van der Waals surface area contributed by atoms with Crippen LogP contribution in [0.15, 0.2) is 18.3 Å². The zero-order chi connectivity index (χ0) is 12.1. The maximum Gasteiger partial charge on any atom is 0.227 e. The Morgan fingerprint density at radius 3 is 3.18 bits per heavy atom. The molecular formula is C11H14ClN3O2. The molecule has 5 nitrogen and oxygen atoms in total. The highest BCUT2D eigenvalue weighted by Crippen LogP contribution is 2.11. The maximum atomic E-state index is 11.7. The van der Waals surface area contributed by atoms with Gasteiger partial charge in [-0.15, -0.1) is 0 Å². The normalized spacial score (nSPS) is 19.9. The van der Waals surface area contributed by atoms with Crippen molar-refractivity contribution < 1.29 is 9.53 Å². The molecule has 0 spiro atoms. The van der Waals surface area contributed by atoms with Crippen LogP contribution in [0.5, 0.6) is 0 Å². The molecule has 2 heterocycles. The van der Waals surface area contributed by atoms with Gasteiger partial charge in [-0.3, -0.25) is 4.79 Å². The minimum atomic E-state index is -0.0807. The lowest BCUT2D eigenvalue weighted by Crippen LogP contribution is -2.40. The van der Waals surface area contributed by atoms with Crippen molar-refractivity contribution in [3.8, 4) is 0 Å². The first-order valence-corrected chi connectivity index (χ1v) is 5.85. The number of nitrogens with one attached hydrogen (secondary N) is 2. The first-order valence-electron chi connectivity index (χ1n) is 5.48. The van der Waals surface area contributed by atoms with Crippen molar-refractivity contribution in [2.24, 2.45) is 0 Å². The second kappa shape index (κ2) is 5.95. The molecule has 1 aromatic heterocycles. The zero-order valence-corrected chi connectivity index (χ0v) is 10.0. The molecule has 0 radical (unpaired) electrons. The molecule has 6 heteroatoms. The molecule has 17 heavy (non-hydrogen) atoms. The van der Waals surface area contributed by atoms with E-state index >= 15 is 0 Å². The van der Waals surface area contributed by atoms with Gasteiger partial charge in [-0.05, 0) is 12.1 Å². The molecular weight excluding hydrogens is 242 g/mol. The highest BCUT2D eigenvalue weighted by Gasteiger charge is 2.17. The van der Waals surface area contributed by atoms with E-state index in [1.165, 1.54) is 6.20 Å². The van der Waals surface area contributed by atoms with E-state index in [4.69, 9.17) is 16.3 Å². The Kier molecular flexibility index (Phi) is 4.30. The minimum Gasteiger partial charge on any atom is -0.375 e. The second-order valence-electron chi connectivity index (χ2n) is 3.82. The number of morpholine rings is 1. The summed E-state index contributed by atoms with van der Waals surface area (Å²) in [7, 11) is 0. The Hall–Kier alpha value is -1.17. The Bertz CT molecular complexity index is 377. The van der Waals surface area contributed by atoms with Gasteiger partial charge in [0.15, 0.2) is 0 Å². The number of carbonyl (C=O) groups excluding carboxylic acids is 1. The Labute approximate surface area is 105 Å². The minimum absolute atomic E-state index is 0.0518. The lowest BCUT2D eigenvalue weighted by Gasteiger charge is -2.22. The molecule has 1 atom stereocenters. The van der Waals surface area contributed by atoms with Gasteiger partial charge in [-0.25, -0.2) is 4.98 Å². The Morgan fingerprint density at radius 2 is 2.53 bits per heavy atom. The fourth-order valence-electron chi connectivity index (χ4n) is 1.62. The van der Waals surface area contributed by atoms with Crippen LogP contribution in [-0.4, -0.2) is 36.7 Å². The van der Waals surface area contributed by atoms with Gasteiger partial charge in [0.25, 0.3) is 0 Å². The van der Waals surface area contributed by atoms with Crippen LogP contribution < -0.4 is 10.6 Å². The van der Waals surface area contributed by atoms with Crippen LogP contribution in [0.1, 0.15) is 6.42 Å². The van der Waals surface area contributed by atoms with Crippen molar-refractivity contribution in [2.75, 3.05) is 25.0 Å². The van der Waals surface area contributed by atoms with E-state index in [0.717, 1.165) is 6.54 Å². The van der Waals surface area contributed by atoms with Gasteiger partial charge < -0.3 is 15.4 Å². The zero-order valence-electron chi connectivity index (χ0n) is 9.28. The third-order valence-corrected chi connectivity index (χ3v) is 2.65. The summed E-state index contributed by atoms with van der Waals surface area (Å²) in [6.07, 6.45) is 1.82. The summed E-state index contributed by atoms with van der Waals surface area (Å²) < 4.78 is 5.45. The van der Waals surface area contributed by atoms with Gasteiger partial charge in [0, 0.05) is 13.1 Å². The molecule has 1 amide bonds. The van der Waals surface area contributed by atoms with Crippen LogP contribution in [0.25, 0.3) is 0 Å². The average Bonchev–Trinajstić information content (AvgIpc) is 2.33. The molecule has 92 valence electrons. The number of carbonyl (C=O) groups is 1. The number of rotatable bonds is 3. The largest absolute Gasteiger partial charge is 0.375 e. The van der Waals surface area contributed by atoms with E-state index in [1.54, 1.807) is 12.1 Å². The van der Waals surface area contributed by atoms with Crippen LogP contribution in [0.3, 0.4) is 0 Å². The predicted molar refractivity (Wildman–Crippen MR) is 65.1 cm³/mol.